The van der Waals surface area contributed by atoms with Crippen LogP contribution in [0.4, 0.5) is 0 Å². The fourth-order valence-corrected chi connectivity index (χ4v) is 4.17. The van der Waals surface area contributed by atoms with E-state index in [4.69, 9.17) is 14.2 Å². The SMILES string of the molecule is CCOc1ccc(C(CNC(=O)Cc2ccc(OC)cc2)c2c[nH]c3ccccc23)cc1OC. The van der Waals surface area contributed by atoms with Gasteiger partial charge in [0, 0.05) is 29.6 Å². The Labute approximate surface area is 199 Å². The molecular formula is C28H30N2O4. The van der Waals surface area contributed by atoms with Gasteiger partial charge in [-0.2, -0.15) is 0 Å². The summed E-state index contributed by atoms with van der Waals surface area (Å²) < 4.78 is 16.5. The average Bonchev–Trinajstić information content (AvgIpc) is 3.29. The van der Waals surface area contributed by atoms with Gasteiger partial charge in [0.1, 0.15) is 5.75 Å². The summed E-state index contributed by atoms with van der Waals surface area (Å²) in [6.07, 6.45) is 2.32. The molecule has 0 bridgehead atoms. The topological polar surface area (TPSA) is 72.6 Å². The van der Waals surface area contributed by atoms with Gasteiger partial charge in [0.2, 0.25) is 5.91 Å². The summed E-state index contributed by atoms with van der Waals surface area (Å²) in [6.45, 7) is 2.96. The normalized spacial score (nSPS) is 11.7. The number of nitrogens with one attached hydrogen (secondary N) is 2. The number of carbonyl (C=O) groups is 1. The van der Waals surface area contributed by atoms with Gasteiger partial charge < -0.3 is 24.5 Å². The molecule has 0 aliphatic carbocycles. The number of aromatic nitrogens is 1. The van der Waals surface area contributed by atoms with E-state index in [-0.39, 0.29) is 11.8 Å². The van der Waals surface area contributed by atoms with Crippen LogP contribution < -0.4 is 19.5 Å². The number of aromatic amines is 1. The molecule has 6 nitrogen and oxygen atoms in total. The van der Waals surface area contributed by atoms with Crippen LogP contribution in [0.1, 0.15) is 29.5 Å². The summed E-state index contributed by atoms with van der Waals surface area (Å²) in [5.74, 6) is 2.05. The first-order valence-electron chi connectivity index (χ1n) is 11.4. The summed E-state index contributed by atoms with van der Waals surface area (Å²) in [7, 11) is 3.27. The number of methoxy groups -OCH3 is 2. The molecule has 6 heteroatoms. The Morgan fingerprint density at radius 1 is 0.971 bits per heavy atom. The summed E-state index contributed by atoms with van der Waals surface area (Å²) in [5, 5.41) is 4.26. The zero-order valence-electron chi connectivity index (χ0n) is 19.8. The molecule has 34 heavy (non-hydrogen) atoms. The lowest BCUT2D eigenvalue weighted by atomic mass is 9.90. The monoisotopic (exact) mass is 458 g/mol. The zero-order chi connectivity index (χ0) is 23.9. The number of H-pyrrole nitrogens is 1. The molecule has 0 aliphatic heterocycles. The Hall–Kier alpha value is -3.93. The van der Waals surface area contributed by atoms with Crippen LogP contribution in [0.2, 0.25) is 0 Å². The third-order valence-electron chi connectivity index (χ3n) is 5.91. The third kappa shape index (κ3) is 5.17. The van der Waals surface area contributed by atoms with Gasteiger partial charge in [-0.25, -0.2) is 0 Å². The van der Waals surface area contributed by atoms with E-state index in [1.54, 1.807) is 14.2 Å². The van der Waals surface area contributed by atoms with E-state index >= 15 is 0 Å². The average molecular weight is 459 g/mol. The van der Waals surface area contributed by atoms with Gasteiger partial charge in [0.15, 0.2) is 11.5 Å². The van der Waals surface area contributed by atoms with Crippen molar-refractivity contribution in [2.75, 3.05) is 27.4 Å². The number of carbonyl (C=O) groups excluding carboxylic acids is 1. The molecule has 1 aromatic heterocycles. The molecule has 1 unspecified atom stereocenters. The van der Waals surface area contributed by atoms with Gasteiger partial charge in [-0.3, -0.25) is 4.79 Å². The molecular weight excluding hydrogens is 428 g/mol. The van der Waals surface area contributed by atoms with Gasteiger partial charge in [0.05, 0.1) is 27.2 Å². The second-order valence-electron chi connectivity index (χ2n) is 8.01. The minimum Gasteiger partial charge on any atom is -0.497 e. The highest BCUT2D eigenvalue weighted by atomic mass is 16.5. The van der Waals surface area contributed by atoms with E-state index in [2.05, 4.69) is 22.4 Å². The van der Waals surface area contributed by atoms with Crippen molar-refractivity contribution in [1.29, 1.82) is 0 Å². The highest BCUT2D eigenvalue weighted by Gasteiger charge is 2.21. The summed E-state index contributed by atoms with van der Waals surface area (Å²) >= 11 is 0. The number of ether oxygens (including phenoxy) is 3. The Morgan fingerprint density at radius 3 is 2.50 bits per heavy atom. The quantitative estimate of drug-likeness (QED) is 0.348. The molecule has 1 atom stereocenters. The minimum atomic E-state index is -0.0689. The standard InChI is InChI=1S/C28H30N2O4/c1-4-34-26-14-11-20(16-27(26)33-3)23(24-18-29-25-8-6-5-7-22(24)25)17-30-28(31)15-19-9-12-21(32-2)13-10-19/h5-14,16,18,23,29H,4,15,17H2,1-3H3,(H,30,31). The number of para-hydroxylation sites is 1. The highest BCUT2D eigenvalue weighted by molar-refractivity contribution is 5.84. The van der Waals surface area contributed by atoms with Gasteiger partial charge in [-0.15, -0.1) is 0 Å². The van der Waals surface area contributed by atoms with Crippen molar-refractivity contribution in [1.82, 2.24) is 10.3 Å². The van der Waals surface area contributed by atoms with E-state index in [1.807, 2.05) is 67.7 Å². The maximum atomic E-state index is 12.8. The van der Waals surface area contributed by atoms with Gasteiger partial charge >= 0.3 is 0 Å². The predicted octanol–water partition coefficient (Wildman–Crippen LogP) is 5.07. The van der Waals surface area contributed by atoms with Crippen LogP contribution in [0, 0.1) is 0 Å². The molecule has 0 saturated heterocycles. The van der Waals surface area contributed by atoms with Crippen molar-refractivity contribution >= 4 is 16.8 Å². The second-order valence-corrected chi connectivity index (χ2v) is 8.01. The Bertz CT molecular complexity index is 1250. The Balaban J connectivity index is 1.60. The van der Waals surface area contributed by atoms with Crippen LogP contribution in [0.25, 0.3) is 10.9 Å². The Kier molecular flexibility index (Phi) is 7.38. The second kappa shape index (κ2) is 10.8. The number of fused-ring (bicyclic) bond motifs is 1. The lowest BCUT2D eigenvalue weighted by Crippen LogP contribution is -2.30. The van der Waals surface area contributed by atoms with Crippen molar-refractivity contribution in [3.63, 3.8) is 0 Å². The molecule has 2 N–H and O–H groups in total. The van der Waals surface area contributed by atoms with Crippen LogP contribution in [-0.2, 0) is 11.2 Å². The highest BCUT2D eigenvalue weighted by Crippen LogP contribution is 2.35. The van der Waals surface area contributed by atoms with Crippen LogP contribution in [0.3, 0.4) is 0 Å². The van der Waals surface area contributed by atoms with Gasteiger partial charge in [0.25, 0.3) is 0 Å². The smallest absolute Gasteiger partial charge is 0.224 e. The number of amides is 1. The maximum Gasteiger partial charge on any atom is 0.224 e. The maximum absolute atomic E-state index is 12.8. The summed E-state index contributed by atoms with van der Waals surface area (Å²) in [6, 6.07) is 21.7. The van der Waals surface area contributed by atoms with Gasteiger partial charge in [-0.05, 0) is 53.9 Å². The molecule has 4 rings (SSSR count). The molecule has 176 valence electrons. The van der Waals surface area contributed by atoms with E-state index in [9.17, 15) is 4.79 Å². The minimum absolute atomic E-state index is 0.0343. The molecule has 0 radical (unpaired) electrons. The Morgan fingerprint density at radius 2 is 1.76 bits per heavy atom. The molecule has 0 aliphatic rings. The lowest BCUT2D eigenvalue weighted by molar-refractivity contribution is -0.120. The molecule has 3 aromatic carbocycles. The molecule has 4 aromatic rings. The number of benzene rings is 3. The van der Waals surface area contributed by atoms with E-state index < -0.39 is 0 Å². The van der Waals surface area contributed by atoms with E-state index in [0.717, 1.165) is 33.3 Å². The van der Waals surface area contributed by atoms with Crippen molar-refractivity contribution in [3.05, 3.63) is 89.6 Å². The fraction of sp³-hybridized carbons (Fsp3) is 0.250. The van der Waals surface area contributed by atoms with Crippen molar-refractivity contribution in [3.8, 4) is 17.2 Å². The number of rotatable bonds is 10. The zero-order valence-corrected chi connectivity index (χ0v) is 19.8. The van der Waals surface area contributed by atoms with Crippen molar-refractivity contribution < 1.29 is 19.0 Å². The van der Waals surface area contributed by atoms with Gasteiger partial charge in [-0.1, -0.05) is 36.4 Å². The molecule has 0 saturated carbocycles. The van der Waals surface area contributed by atoms with Crippen LogP contribution in [0.5, 0.6) is 17.2 Å². The van der Waals surface area contributed by atoms with E-state index in [0.29, 0.717) is 31.1 Å². The molecule has 1 heterocycles. The molecule has 0 spiro atoms. The third-order valence-corrected chi connectivity index (χ3v) is 5.91. The first-order valence-corrected chi connectivity index (χ1v) is 11.4. The molecule has 1 amide bonds. The van der Waals surface area contributed by atoms with E-state index in [1.165, 1.54) is 0 Å². The van der Waals surface area contributed by atoms with Crippen molar-refractivity contribution in [2.45, 2.75) is 19.3 Å². The first-order chi connectivity index (χ1) is 16.6. The van der Waals surface area contributed by atoms with Crippen LogP contribution in [-0.4, -0.2) is 38.3 Å². The van der Waals surface area contributed by atoms with Crippen LogP contribution in [0.15, 0.2) is 72.9 Å². The predicted molar refractivity (Wildman–Crippen MR) is 134 cm³/mol. The number of hydrogen-bond donors (Lipinski definition) is 2. The first kappa shape index (κ1) is 23.2. The lowest BCUT2D eigenvalue weighted by Gasteiger charge is -2.20. The largest absolute Gasteiger partial charge is 0.497 e. The fourth-order valence-electron chi connectivity index (χ4n) is 4.17. The molecule has 0 fully saturated rings. The summed E-state index contributed by atoms with van der Waals surface area (Å²) in [4.78, 5) is 16.2. The summed E-state index contributed by atoms with van der Waals surface area (Å²) in [5.41, 5.74) is 4.15. The van der Waals surface area contributed by atoms with Crippen LogP contribution >= 0.6 is 0 Å². The van der Waals surface area contributed by atoms with Crippen molar-refractivity contribution in [2.24, 2.45) is 0 Å². The number of hydrogen-bond acceptors (Lipinski definition) is 4.